The first-order valence-electron chi connectivity index (χ1n) is 4.60. The van der Waals surface area contributed by atoms with Gasteiger partial charge in [0.2, 0.25) is 0 Å². The second-order valence-corrected chi connectivity index (χ2v) is 3.31. The summed E-state index contributed by atoms with van der Waals surface area (Å²) in [4.78, 5) is 10.8. The molecule has 1 aromatic carbocycles. The van der Waals surface area contributed by atoms with E-state index >= 15 is 0 Å². The zero-order valence-electron chi connectivity index (χ0n) is 8.48. The third-order valence-electron chi connectivity index (χ3n) is 2.01. The summed E-state index contributed by atoms with van der Waals surface area (Å²) in [5.41, 5.74) is 0.680. The fourth-order valence-electron chi connectivity index (χ4n) is 1.26. The van der Waals surface area contributed by atoms with Crippen LogP contribution in [0, 0.1) is 0 Å². The Balaban J connectivity index is 2.71. The Labute approximate surface area is 92.0 Å². The topological polar surface area (TPSA) is 69.6 Å². The number of halogens is 1. The maximum Gasteiger partial charge on any atom is 0.326 e. The summed E-state index contributed by atoms with van der Waals surface area (Å²) in [6.45, 7) is 2.95. The van der Waals surface area contributed by atoms with E-state index in [0.29, 0.717) is 5.56 Å². The number of nitrogens with one attached hydrogen (secondary N) is 1. The smallest absolute Gasteiger partial charge is 0.326 e. The number of aromatic hydroxyl groups is 1. The van der Waals surface area contributed by atoms with Crippen LogP contribution < -0.4 is 5.32 Å². The lowest BCUT2D eigenvalue weighted by Gasteiger charge is -2.13. The number of hydrogen-bond acceptors (Lipinski definition) is 3. The molecule has 1 aromatic rings. The van der Waals surface area contributed by atoms with Gasteiger partial charge in [-0.25, -0.2) is 4.79 Å². The molecule has 0 saturated heterocycles. The molecule has 0 radical (unpaired) electrons. The van der Waals surface area contributed by atoms with Crippen LogP contribution >= 0.6 is 0 Å². The number of hydrogen-bond donors (Lipinski definition) is 3. The van der Waals surface area contributed by atoms with Crippen molar-refractivity contribution < 1.29 is 19.4 Å². The molecule has 3 N–H and O–H groups in total. The van der Waals surface area contributed by atoms with Crippen LogP contribution in [0.25, 0.3) is 0 Å². The van der Waals surface area contributed by atoms with E-state index in [4.69, 9.17) is 10.2 Å². The third kappa shape index (κ3) is 3.61. The van der Waals surface area contributed by atoms with Gasteiger partial charge in [-0.2, -0.15) is 4.39 Å². The van der Waals surface area contributed by atoms with Gasteiger partial charge in [-0.1, -0.05) is 12.1 Å². The molecule has 0 spiro atoms. The van der Waals surface area contributed by atoms with Crippen molar-refractivity contribution in [1.29, 1.82) is 0 Å². The monoisotopic (exact) mass is 225 g/mol. The molecule has 0 heterocycles. The second-order valence-electron chi connectivity index (χ2n) is 3.31. The fraction of sp³-hybridized carbons (Fsp3) is 0.182. The van der Waals surface area contributed by atoms with Gasteiger partial charge in [0.1, 0.15) is 11.8 Å². The number of carboxylic acid groups (broad SMARTS) is 1. The molecule has 0 amide bonds. The summed E-state index contributed by atoms with van der Waals surface area (Å²) in [5.74, 6) is -1.95. The molecule has 86 valence electrons. The molecule has 1 unspecified atom stereocenters. The fourth-order valence-corrected chi connectivity index (χ4v) is 1.26. The predicted molar refractivity (Wildman–Crippen MR) is 56.6 cm³/mol. The Bertz CT molecular complexity index is 389. The number of aliphatic carboxylic acids is 1. The Morgan fingerprint density at radius 3 is 2.44 bits per heavy atom. The Morgan fingerprint density at radius 2 is 2.00 bits per heavy atom. The van der Waals surface area contributed by atoms with E-state index in [9.17, 15) is 9.18 Å². The third-order valence-corrected chi connectivity index (χ3v) is 2.01. The highest BCUT2D eigenvalue weighted by Crippen LogP contribution is 2.11. The first-order valence-corrected chi connectivity index (χ1v) is 4.60. The number of rotatable bonds is 5. The lowest BCUT2D eigenvalue weighted by Crippen LogP contribution is -2.36. The quantitative estimate of drug-likeness (QED) is 0.663. The van der Waals surface area contributed by atoms with Crippen LogP contribution in [-0.2, 0) is 11.2 Å². The highest BCUT2D eigenvalue weighted by Gasteiger charge is 2.18. The molecule has 4 nitrogen and oxygen atoms in total. The van der Waals surface area contributed by atoms with Crippen LogP contribution in [0.1, 0.15) is 5.56 Å². The molecule has 0 saturated carbocycles. The molecule has 0 aliphatic heterocycles. The van der Waals surface area contributed by atoms with E-state index in [1.54, 1.807) is 12.1 Å². The molecule has 0 aliphatic carbocycles. The van der Waals surface area contributed by atoms with E-state index in [0.717, 1.165) is 0 Å². The minimum Gasteiger partial charge on any atom is -0.508 e. The minimum atomic E-state index is -1.16. The number of carboxylic acids is 1. The highest BCUT2D eigenvalue weighted by molar-refractivity contribution is 5.74. The summed E-state index contributed by atoms with van der Waals surface area (Å²) >= 11 is 0. The standard InChI is InChI=1S/C11H12FNO3/c1-7(12)13-10(11(15)16)6-8-2-4-9(14)5-3-8/h2-5,10,13-14H,1,6H2,(H,15,16). The van der Waals surface area contributed by atoms with Crippen LogP contribution in [0.15, 0.2) is 36.8 Å². The first-order chi connectivity index (χ1) is 7.49. The van der Waals surface area contributed by atoms with Crippen molar-refractivity contribution in [2.45, 2.75) is 12.5 Å². The first kappa shape index (κ1) is 12.0. The van der Waals surface area contributed by atoms with E-state index in [1.807, 2.05) is 0 Å². The van der Waals surface area contributed by atoms with Crippen LogP contribution in [0.2, 0.25) is 0 Å². The van der Waals surface area contributed by atoms with Gasteiger partial charge in [-0.05, 0) is 24.3 Å². The summed E-state index contributed by atoms with van der Waals surface area (Å²) in [5, 5.41) is 20.0. The lowest BCUT2D eigenvalue weighted by atomic mass is 10.1. The average molecular weight is 225 g/mol. The molecule has 16 heavy (non-hydrogen) atoms. The molecule has 0 bridgehead atoms. The van der Waals surface area contributed by atoms with Gasteiger partial charge in [0, 0.05) is 6.42 Å². The Hall–Kier alpha value is -2.04. The molecular formula is C11H12FNO3. The van der Waals surface area contributed by atoms with Crippen molar-refractivity contribution in [2.24, 2.45) is 0 Å². The van der Waals surface area contributed by atoms with Gasteiger partial charge in [0.05, 0.1) is 0 Å². The van der Waals surface area contributed by atoms with Crippen molar-refractivity contribution >= 4 is 5.97 Å². The zero-order valence-corrected chi connectivity index (χ0v) is 8.48. The largest absolute Gasteiger partial charge is 0.508 e. The molecule has 1 rings (SSSR count). The molecule has 0 aliphatic rings. The number of carbonyl (C=O) groups is 1. The molecule has 5 heteroatoms. The van der Waals surface area contributed by atoms with Crippen molar-refractivity contribution in [3.8, 4) is 5.75 Å². The summed E-state index contributed by atoms with van der Waals surface area (Å²) in [7, 11) is 0. The number of phenolic OH excluding ortho intramolecular Hbond substituents is 1. The Morgan fingerprint density at radius 1 is 1.44 bits per heavy atom. The summed E-state index contributed by atoms with van der Waals surface area (Å²) in [6.07, 6.45) is 0.110. The maximum absolute atomic E-state index is 12.5. The predicted octanol–water partition coefficient (Wildman–Crippen LogP) is 1.42. The minimum absolute atomic E-state index is 0.0958. The van der Waals surface area contributed by atoms with Gasteiger partial charge >= 0.3 is 5.97 Å². The number of phenols is 1. The zero-order chi connectivity index (χ0) is 12.1. The van der Waals surface area contributed by atoms with E-state index in [2.05, 4.69) is 11.9 Å². The molecular weight excluding hydrogens is 213 g/mol. The lowest BCUT2D eigenvalue weighted by molar-refractivity contribution is -0.139. The van der Waals surface area contributed by atoms with Crippen LogP contribution in [0.5, 0.6) is 5.75 Å². The molecule has 0 aromatic heterocycles. The van der Waals surface area contributed by atoms with Gasteiger partial charge in [-0.15, -0.1) is 0 Å². The van der Waals surface area contributed by atoms with Crippen molar-refractivity contribution in [3.63, 3.8) is 0 Å². The van der Waals surface area contributed by atoms with Gasteiger partial charge < -0.3 is 15.5 Å². The highest BCUT2D eigenvalue weighted by atomic mass is 19.1. The van der Waals surface area contributed by atoms with Crippen molar-refractivity contribution in [3.05, 3.63) is 42.4 Å². The summed E-state index contributed by atoms with van der Waals surface area (Å²) in [6, 6.07) is 4.97. The van der Waals surface area contributed by atoms with Crippen LogP contribution in [0.4, 0.5) is 4.39 Å². The van der Waals surface area contributed by atoms with Crippen LogP contribution in [-0.4, -0.2) is 22.2 Å². The maximum atomic E-state index is 12.5. The van der Waals surface area contributed by atoms with Gasteiger partial charge in [0.25, 0.3) is 0 Å². The van der Waals surface area contributed by atoms with Crippen LogP contribution in [0.3, 0.4) is 0 Å². The van der Waals surface area contributed by atoms with Gasteiger partial charge in [-0.3, -0.25) is 0 Å². The van der Waals surface area contributed by atoms with Crippen molar-refractivity contribution in [1.82, 2.24) is 5.32 Å². The Kier molecular flexibility index (Phi) is 3.88. The number of benzene rings is 1. The second kappa shape index (κ2) is 5.16. The average Bonchev–Trinajstić information content (AvgIpc) is 2.19. The van der Waals surface area contributed by atoms with E-state index in [-0.39, 0.29) is 12.2 Å². The molecule has 0 fully saturated rings. The normalized spacial score (nSPS) is 11.8. The van der Waals surface area contributed by atoms with Crippen molar-refractivity contribution in [2.75, 3.05) is 0 Å². The van der Waals surface area contributed by atoms with E-state index in [1.165, 1.54) is 12.1 Å². The SMILES string of the molecule is C=C(F)NC(Cc1ccc(O)cc1)C(=O)O. The van der Waals surface area contributed by atoms with Gasteiger partial charge in [0.15, 0.2) is 5.95 Å². The molecule has 1 atom stereocenters. The summed E-state index contributed by atoms with van der Waals surface area (Å²) < 4.78 is 12.5. The van der Waals surface area contributed by atoms with E-state index < -0.39 is 18.0 Å².